The lowest BCUT2D eigenvalue weighted by Gasteiger charge is -2.27. The first-order chi connectivity index (χ1) is 14.1. The van der Waals surface area contributed by atoms with E-state index >= 15 is 0 Å². The maximum absolute atomic E-state index is 9.37. The lowest BCUT2D eigenvalue weighted by atomic mass is 9.75. The third-order valence-corrected chi connectivity index (χ3v) is 6.77. The number of hydrogen-bond acceptors (Lipinski definition) is 3. The van der Waals surface area contributed by atoms with Gasteiger partial charge in [0.1, 0.15) is 0 Å². The summed E-state index contributed by atoms with van der Waals surface area (Å²) in [4.78, 5) is 0. The average Bonchev–Trinajstić information content (AvgIpc) is 3.33. The first-order valence-corrected chi connectivity index (χ1v) is 11.6. The number of fused-ring (bicyclic) bond motifs is 2. The van der Waals surface area contributed by atoms with Gasteiger partial charge in [-0.25, -0.2) is 0 Å². The summed E-state index contributed by atoms with van der Waals surface area (Å²) in [5.41, 5.74) is 1.29. The molecule has 4 atom stereocenters. The summed E-state index contributed by atoms with van der Waals surface area (Å²) < 4.78 is 12.1. The topological polar surface area (TPSA) is 38.7 Å². The lowest BCUT2D eigenvalue weighted by molar-refractivity contribution is 0.0852. The number of ether oxygens (including phenoxy) is 2. The van der Waals surface area contributed by atoms with Crippen molar-refractivity contribution in [1.29, 1.82) is 0 Å². The zero-order valence-electron chi connectivity index (χ0n) is 18.4. The van der Waals surface area contributed by atoms with Gasteiger partial charge in [0.05, 0.1) is 18.8 Å². The molecule has 29 heavy (non-hydrogen) atoms. The van der Waals surface area contributed by atoms with Crippen molar-refractivity contribution >= 4 is 0 Å². The Hall–Kier alpha value is -1.16. The minimum absolute atomic E-state index is 0.0327. The Bertz CT molecular complexity index is 610. The maximum Gasteiger partial charge on any atom is 0.0716 e. The molecule has 0 spiro atoms. The molecule has 2 aliphatic heterocycles. The van der Waals surface area contributed by atoms with E-state index in [0.29, 0.717) is 18.1 Å². The van der Waals surface area contributed by atoms with Gasteiger partial charge in [-0.3, -0.25) is 0 Å². The lowest BCUT2D eigenvalue weighted by Crippen LogP contribution is -2.26. The number of aliphatic hydroxyl groups excluding tert-OH is 1. The number of rotatable bonds is 13. The van der Waals surface area contributed by atoms with Crippen molar-refractivity contribution in [3.05, 3.63) is 48.0 Å². The van der Waals surface area contributed by atoms with Crippen molar-refractivity contribution < 1.29 is 14.6 Å². The van der Waals surface area contributed by atoms with E-state index < -0.39 is 0 Å². The van der Waals surface area contributed by atoms with Crippen molar-refractivity contribution in [3.63, 3.8) is 0 Å². The van der Waals surface area contributed by atoms with Crippen LogP contribution in [0.4, 0.5) is 0 Å². The van der Waals surface area contributed by atoms with Crippen molar-refractivity contribution in [2.24, 2.45) is 17.3 Å². The molecule has 0 radical (unpaired) electrons. The Kier molecular flexibility index (Phi) is 8.77. The Morgan fingerprint density at radius 2 is 1.83 bits per heavy atom. The van der Waals surface area contributed by atoms with Gasteiger partial charge in [0.15, 0.2) is 0 Å². The predicted octanol–water partition coefficient (Wildman–Crippen LogP) is 5.91. The molecule has 0 amide bonds. The smallest absolute Gasteiger partial charge is 0.0716 e. The summed E-state index contributed by atoms with van der Waals surface area (Å²) in [7, 11) is 0. The van der Waals surface area contributed by atoms with Crippen molar-refractivity contribution in [2.45, 2.75) is 84.0 Å². The van der Waals surface area contributed by atoms with Crippen LogP contribution in [0.25, 0.3) is 0 Å². The summed E-state index contributed by atoms with van der Waals surface area (Å²) in [5, 5.41) is 9.37. The third-order valence-electron chi connectivity index (χ3n) is 6.77. The van der Waals surface area contributed by atoms with Crippen LogP contribution in [0.3, 0.4) is 0 Å². The molecule has 1 N–H and O–H groups in total. The van der Waals surface area contributed by atoms with E-state index in [2.05, 4.69) is 50.3 Å². The Labute approximate surface area is 177 Å². The average molecular weight is 401 g/mol. The molecule has 2 aliphatic rings. The van der Waals surface area contributed by atoms with Crippen LogP contribution in [-0.4, -0.2) is 30.5 Å². The molecular weight excluding hydrogens is 360 g/mol. The number of allylic oxidation sites excluding steroid dienone is 2. The molecule has 162 valence electrons. The second kappa shape index (κ2) is 11.3. The Morgan fingerprint density at radius 3 is 2.59 bits per heavy atom. The summed E-state index contributed by atoms with van der Waals surface area (Å²) in [6.07, 6.45) is 15.1. The largest absolute Gasteiger partial charge is 0.396 e. The van der Waals surface area contributed by atoms with Crippen LogP contribution in [0.15, 0.2) is 42.5 Å². The van der Waals surface area contributed by atoms with E-state index in [1.165, 1.54) is 31.2 Å². The van der Waals surface area contributed by atoms with Gasteiger partial charge in [0, 0.05) is 13.2 Å². The second-order valence-electron chi connectivity index (χ2n) is 9.72. The van der Waals surface area contributed by atoms with E-state index in [0.717, 1.165) is 44.8 Å². The maximum atomic E-state index is 9.37. The van der Waals surface area contributed by atoms with Gasteiger partial charge in [0.25, 0.3) is 0 Å². The summed E-state index contributed by atoms with van der Waals surface area (Å²) in [5.74, 6) is 1.42. The quantitative estimate of drug-likeness (QED) is 0.330. The van der Waals surface area contributed by atoms with Crippen molar-refractivity contribution in [1.82, 2.24) is 0 Å². The van der Waals surface area contributed by atoms with Gasteiger partial charge in [0.2, 0.25) is 0 Å². The van der Waals surface area contributed by atoms with Crippen LogP contribution in [0.1, 0.15) is 70.8 Å². The Balaban J connectivity index is 1.33. The van der Waals surface area contributed by atoms with Gasteiger partial charge in [-0.2, -0.15) is 0 Å². The fraction of sp³-hybridized carbons (Fsp3) is 0.692. The number of unbranched alkanes of at least 4 members (excludes halogenated alkanes) is 1. The highest BCUT2D eigenvalue weighted by atomic mass is 16.5. The van der Waals surface area contributed by atoms with E-state index in [-0.39, 0.29) is 12.0 Å². The molecule has 3 rings (SSSR count). The molecule has 3 heteroatoms. The molecule has 3 nitrogen and oxygen atoms in total. The van der Waals surface area contributed by atoms with Crippen LogP contribution in [0, 0.1) is 17.3 Å². The predicted molar refractivity (Wildman–Crippen MR) is 119 cm³/mol. The fourth-order valence-corrected chi connectivity index (χ4v) is 4.87. The molecule has 1 aromatic rings. The van der Waals surface area contributed by atoms with Crippen LogP contribution >= 0.6 is 0 Å². The molecule has 0 aromatic heterocycles. The molecule has 2 fully saturated rings. The molecule has 1 aromatic carbocycles. The highest BCUT2D eigenvalue weighted by molar-refractivity contribution is 5.13. The zero-order valence-corrected chi connectivity index (χ0v) is 18.4. The van der Waals surface area contributed by atoms with Crippen LogP contribution in [0.2, 0.25) is 0 Å². The molecule has 0 unspecified atom stereocenters. The molecule has 2 heterocycles. The van der Waals surface area contributed by atoms with E-state index in [9.17, 15) is 5.11 Å². The fourth-order valence-electron chi connectivity index (χ4n) is 4.87. The minimum Gasteiger partial charge on any atom is -0.396 e. The zero-order chi connectivity index (χ0) is 20.5. The monoisotopic (exact) mass is 400 g/mol. The SMILES string of the molecule is CC(C)(CO)CC/C=C\C[C@H]1[C@@H](CCCCOCc2ccccc2)[C@H]2CC[C@@H]1O2. The van der Waals surface area contributed by atoms with E-state index in [1.807, 2.05) is 6.07 Å². The third kappa shape index (κ3) is 6.94. The van der Waals surface area contributed by atoms with Crippen LogP contribution in [0.5, 0.6) is 0 Å². The van der Waals surface area contributed by atoms with Gasteiger partial charge in [-0.1, -0.05) is 62.8 Å². The van der Waals surface area contributed by atoms with Crippen LogP contribution in [-0.2, 0) is 16.1 Å². The molecule has 0 saturated carbocycles. The van der Waals surface area contributed by atoms with Crippen molar-refractivity contribution in [3.8, 4) is 0 Å². The summed E-state index contributed by atoms with van der Waals surface area (Å²) >= 11 is 0. The Morgan fingerprint density at radius 1 is 1.07 bits per heavy atom. The highest BCUT2D eigenvalue weighted by Gasteiger charge is 2.47. The first-order valence-electron chi connectivity index (χ1n) is 11.6. The second-order valence-corrected chi connectivity index (χ2v) is 9.72. The highest BCUT2D eigenvalue weighted by Crippen LogP contribution is 2.47. The van der Waals surface area contributed by atoms with Crippen LogP contribution < -0.4 is 0 Å². The van der Waals surface area contributed by atoms with E-state index in [4.69, 9.17) is 9.47 Å². The van der Waals surface area contributed by atoms with Gasteiger partial charge in [-0.05, 0) is 67.8 Å². The van der Waals surface area contributed by atoms with Crippen molar-refractivity contribution in [2.75, 3.05) is 13.2 Å². The van der Waals surface area contributed by atoms with Gasteiger partial charge in [-0.15, -0.1) is 0 Å². The normalized spacial score (nSPS) is 26.6. The molecule has 2 bridgehead atoms. The minimum atomic E-state index is 0.0327. The van der Waals surface area contributed by atoms with Gasteiger partial charge < -0.3 is 14.6 Å². The number of hydrogen-bond donors (Lipinski definition) is 1. The number of benzene rings is 1. The summed E-state index contributed by atoms with van der Waals surface area (Å²) in [6, 6.07) is 10.4. The summed E-state index contributed by atoms with van der Waals surface area (Å²) in [6.45, 7) is 6.09. The number of aliphatic hydroxyl groups is 1. The molecule has 2 saturated heterocycles. The standard InChI is InChI=1S/C26H40O3/c1-26(2,20-27)17-9-4-7-13-22-23(25-16-15-24(22)29-25)14-8-10-18-28-19-21-11-5-3-6-12-21/h3-7,11-12,22-25,27H,8-10,13-20H2,1-2H3/b7-4-/t22-,23+,24-,25+/m0/s1. The van der Waals surface area contributed by atoms with E-state index in [1.54, 1.807) is 0 Å². The molecular formula is C26H40O3. The van der Waals surface area contributed by atoms with Gasteiger partial charge >= 0.3 is 0 Å². The molecule has 0 aliphatic carbocycles. The first kappa shape index (κ1) is 22.5.